The van der Waals surface area contributed by atoms with Gasteiger partial charge < -0.3 is 15.2 Å². The average molecular weight is 440 g/mol. The van der Waals surface area contributed by atoms with Crippen molar-refractivity contribution in [3.05, 3.63) is 35.5 Å². The van der Waals surface area contributed by atoms with Crippen LogP contribution in [0.2, 0.25) is 0 Å². The molecule has 24 heavy (non-hydrogen) atoms. The number of aryl methyl sites for hydroxylation is 1. The molecule has 0 radical (unpaired) electrons. The molecule has 1 aromatic heterocycles. The fraction of sp³-hybridized carbons (Fsp3) is 0.526. The Balaban J connectivity index is 0.00000208. The molecular weight excluding hydrogens is 411 g/mol. The molecule has 1 fully saturated rings. The van der Waals surface area contributed by atoms with E-state index in [1.807, 2.05) is 7.05 Å². The van der Waals surface area contributed by atoms with Gasteiger partial charge in [0.15, 0.2) is 5.96 Å². The number of halogens is 1. The van der Waals surface area contributed by atoms with E-state index in [4.69, 9.17) is 0 Å². The van der Waals surface area contributed by atoms with Crippen LogP contribution in [-0.2, 0) is 6.42 Å². The molecule has 1 aliphatic heterocycles. The number of aromatic nitrogens is 1. The Bertz CT molecular complexity index is 692. The summed E-state index contributed by atoms with van der Waals surface area (Å²) in [5, 5.41) is 4.92. The van der Waals surface area contributed by atoms with Gasteiger partial charge in [-0.25, -0.2) is 0 Å². The Morgan fingerprint density at radius 3 is 3.00 bits per heavy atom. The van der Waals surface area contributed by atoms with E-state index >= 15 is 0 Å². The van der Waals surface area contributed by atoms with E-state index in [-0.39, 0.29) is 24.0 Å². The first-order valence-electron chi connectivity index (χ1n) is 8.70. The molecule has 2 heterocycles. The Morgan fingerprint density at radius 1 is 1.42 bits per heavy atom. The van der Waals surface area contributed by atoms with Gasteiger partial charge >= 0.3 is 0 Å². The van der Waals surface area contributed by atoms with Crippen LogP contribution in [-0.4, -0.2) is 42.5 Å². The second kappa shape index (κ2) is 8.74. The van der Waals surface area contributed by atoms with Crippen molar-refractivity contribution < 1.29 is 0 Å². The summed E-state index contributed by atoms with van der Waals surface area (Å²) < 4.78 is 0. The molecule has 0 bridgehead atoms. The monoisotopic (exact) mass is 440 g/mol. The van der Waals surface area contributed by atoms with E-state index < -0.39 is 0 Å². The normalized spacial score (nSPS) is 18.5. The number of rotatable bonds is 3. The number of guanidine groups is 1. The van der Waals surface area contributed by atoms with E-state index in [1.54, 1.807) is 0 Å². The third-order valence-corrected chi connectivity index (χ3v) is 4.84. The van der Waals surface area contributed by atoms with Gasteiger partial charge in [0.05, 0.1) is 0 Å². The van der Waals surface area contributed by atoms with Gasteiger partial charge in [-0.05, 0) is 49.3 Å². The fourth-order valence-electron chi connectivity index (χ4n) is 3.67. The summed E-state index contributed by atoms with van der Waals surface area (Å²) in [6.45, 7) is 7.66. The maximum atomic E-state index is 4.47. The number of piperidine rings is 1. The van der Waals surface area contributed by atoms with Crippen LogP contribution in [0.15, 0.2) is 29.4 Å². The highest BCUT2D eigenvalue weighted by Gasteiger charge is 2.19. The topological polar surface area (TPSA) is 43.4 Å². The summed E-state index contributed by atoms with van der Waals surface area (Å²) in [4.78, 5) is 10.2. The Morgan fingerprint density at radius 2 is 2.25 bits per heavy atom. The van der Waals surface area contributed by atoms with Crippen molar-refractivity contribution in [3.8, 4) is 0 Å². The highest BCUT2D eigenvalue weighted by molar-refractivity contribution is 14.0. The quantitative estimate of drug-likeness (QED) is 0.432. The first kappa shape index (κ1) is 19.1. The summed E-state index contributed by atoms with van der Waals surface area (Å²) >= 11 is 0. The van der Waals surface area contributed by atoms with Gasteiger partial charge in [0.1, 0.15) is 0 Å². The van der Waals surface area contributed by atoms with Gasteiger partial charge in [0.2, 0.25) is 0 Å². The number of aliphatic imine (C=N–C) groups is 1. The molecular formula is C19H29IN4. The van der Waals surface area contributed by atoms with E-state index in [0.29, 0.717) is 0 Å². The summed E-state index contributed by atoms with van der Waals surface area (Å²) in [5.74, 6) is 1.81. The third-order valence-electron chi connectivity index (χ3n) is 4.84. The van der Waals surface area contributed by atoms with E-state index in [9.17, 15) is 0 Å². The second-order valence-corrected chi connectivity index (χ2v) is 6.73. The van der Waals surface area contributed by atoms with Gasteiger partial charge in [-0.15, -0.1) is 24.0 Å². The standard InChI is InChI=1S/C19H28N4.HI/c1-14-6-5-11-23(13-14)19(20-3)21-10-9-16-12-22-17-8-4-7-15(2)18(16)17;/h4,7-8,12,14,22H,5-6,9-11,13H2,1-3H3,(H,20,21);1H. The lowest BCUT2D eigenvalue weighted by Gasteiger charge is -2.33. The number of aromatic amines is 1. The second-order valence-electron chi connectivity index (χ2n) is 6.73. The molecule has 0 spiro atoms. The molecule has 5 heteroatoms. The first-order valence-corrected chi connectivity index (χ1v) is 8.70. The SMILES string of the molecule is CN=C(NCCc1c[nH]c2cccc(C)c12)N1CCCC(C)C1.I. The van der Waals surface area contributed by atoms with Crippen LogP contribution in [0.4, 0.5) is 0 Å². The number of nitrogens with zero attached hydrogens (tertiary/aromatic N) is 2. The van der Waals surface area contributed by atoms with Crippen LogP contribution in [0.3, 0.4) is 0 Å². The minimum Gasteiger partial charge on any atom is -0.361 e. The largest absolute Gasteiger partial charge is 0.361 e. The van der Waals surface area contributed by atoms with Crippen molar-refractivity contribution in [2.75, 3.05) is 26.7 Å². The van der Waals surface area contributed by atoms with Crippen LogP contribution in [0.5, 0.6) is 0 Å². The van der Waals surface area contributed by atoms with Crippen molar-refractivity contribution in [1.82, 2.24) is 15.2 Å². The predicted molar refractivity (Wildman–Crippen MR) is 113 cm³/mol. The number of hydrogen-bond donors (Lipinski definition) is 2. The summed E-state index contributed by atoms with van der Waals surface area (Å²) in [7, 11) is 1.89. The molecule has 2 aromatic rings. The van der Waals surface area contributed by atoms with Crippen molar-refractivity contribution in [1.29, 1.82) is 0 Å². The van der Waals surface area contributed by atoms with Crippen LogP contribution in [0.1, 0.15) is 30.9 Å². The minimum atomic E-state index is 0. The first-order chi connectivity index (χ1) is 11.2. The molecule has 3 rings (SSSR count). The average Bonchev–Trinajstić information content (AvgIpc) is 2.96. The Hall–Kier alpha value is -1.24. The highest BCUT2D eigenvalue weighted by atomic mass is 127. The Labute approximate surface area is 162 Å². The van der Waals surface area contributed by atoms with Crippen LogP contribution in [0, 0.1) is 12.8 Å². The predicted octanol–water partition coefficient (Wildman–Crippen LogP) is 3.94. The van der Waals surface area contributed by atoms with Crippen LogP contribution >= 0.6 is 24.0 Å². The molecule has 132 valence electrons. The number of H-pyrrole nitrogens is 1. The van der Waals surface area contributed by atoms with E-state index in [1.165, 1.54) is 34.9 Å². The summed E-state index contributed by atoms with van der Waals surface area (Å²) in [6.07, 6.45) is 5.75. The smallest absolute Gasteiger partial charge is 0.193 e. The molecule has 0 aliphatic carbocycles. The van der Waals surface area contributed by atoms with Crippen molar-refractivity contribution in [2.45, 2.75) is 33.1 Å². The zero-order valence-corrected chi connectivity index (χ0v) is 17.3. The van der Waals surface area contributed by atoms with Gasteiger partial charge in [-0.3, -0.25) is 4.99 Å². The van der Waals surface area contributed by atoms with E-state index in [2.05, 4.69) is 58.4 Å². The number of nitrogens with one attached hydrogen (secondary N) is 2. The zero-order chi connectivity index (χ0) is 16.2. The van der Waals surface area contributed by atoms with Crippen molar-refractivity contribution >= 4 is 40.8 Å². The lowest BCUT2D eigenvalue weighted by atomic mass is 10.0. The fourth-order valence-corrected chi connectivity index (χ4v) is 3.67. The van der Waals surface area contributed by atoms with Crippen LogP contribution in [0.25, 0.3) is 10.9 Å². The van der Waals surface area contributed by atoms with Crippen molar-refractivity contribution in [2.24, 2.45) is 10.9 Å². The number of hydrogen-bond acceptors (Lipinski definition) is 1. The zero-order valence-electron chi connectivity index (χ0n) is 14.9. The lowest BCUT2D eigenvalue weighted by molar-refractivity contribution is 0.266. The molecule has 1 unspecified atom stereocenters. The maximum absolute atomic E-state index is 4.47. The van der Waals surface area contributed by atoms with Gasteiger partial charge in [0, 0.05) is 43.8 Å². The number of likely N-dealkylation sites (tertiary alicyclic amines) is 1. The molecule has 0 saturated carbocycles. The third kappa shape index (κ3) is 4.23. The van der Waals surface area contributed by atoms with Gasteiger partial charge in [-0.1, -0.05) is 19.1 Å². The Kier molecular flexibility index (Phi) is 6.95. The molecule has 1 atom stereocenters. The molecule has 1 aliphatic rings. The molecule has 1 saturated heterocycles. The highest BCUT2D eigenvalue weighted by Crippen LogP contribution is 2.22. The number of fused-ring (bicyclic) bond motifs is 1. The minimum absolute atomic E-state index is 0. The molecule has 1 aromatic carbocycles. The van der Waals surface area contributed by atoms with E-state index in [0.717, 1.165) is 37.9 Å². The number of benzene rings is 1. The molecule has 0 amide bonds. The molecule has 2 N–H and O–H groups in total. The van der Waals surface area contributed by atoms with Gasteiger partial charge in [0.25, 0.3) is 0 Å². The maximum Gasteiger partial charge on any atom is 0.193 e. The summed E-state index contributed by atoms with van der Waals surface area (Å²) in [5.41, 5.74) is 3.95. The molecule has 4 nitrogen and oxygen atoms in total. The van der Waals surface area contributed by atoms with Crippen LogP contribution < -0.4 is 5.32 Å². The lowest BCUT2D eigenvalue weighted by Crippen LogP contribution is -2.46. The summed E-state index contributed by atoms with van der Waals surface area (Å²) in [6, 6.07) is 6.43. The van der Waals surface area contributed by atoms with Crippen molar-refractivity contribution in [3.63, 3.8) is 0 Å². The van der Waals surface area contributed by atoms with Gasteiger partial charge in [-0.2, -0.15) is 0 Å².